The molecule has 0 heterocycles. The predicted octanol–water partition coefficient (Wildman–Crippen LogP) is 0.783. The van der Waals surface area contributed by atoms with Gasteiger partial charge in [-0.2, -0.15) is 0 Å². The van der Waals surface area contributed by atoms with Gasteiger partial charge in [-0.25, -0.2) is 0 Å². The summed E-state index contributed by atoms with van der Waals surface area (Å²) in [5.74, 6) is 0. The first-order valence-electron chi connectivity index (χ1n) is 1.50. The molecule has 0 aromatic carbocycles. The number of rotatable bonds is 0. The minimum absolute atomic E-state index is 0. The van der Waals surface area contributed by atoms with Crippen molar-refractivity contribution >= 4 is 0 Å². The summed E-state index contributed by atoms with van der Waals surface area (Å²) in [7, 11) is 0. The molecule has 0 spiro atoms. The maximum atomic E-state index is 8.11. The van der Waals surface area contributed by atoms with Crippen LogP contribution in [0.5, 0.6) is 0 Å². The van der Waals surface area contributed by atoms with E-state index in [-0.39, 0.29) is 21.1 Å². The molecule has 0 unspecified atom stereocenters. The van der Waals surface area contributed by atoms with Crippen molar-refractivity contribution in [2.24, 2.45) is 21.4 Å². The molecule has 0 radical (unpaired) electrons. The third-order valence-corrected chi connectivity index (χ3v) is 0. The van der Waals surface area contributed by atoms with Gasteiger partial charge in [-0.15, -0.1) is 20.5 Å². The Morgan fingerprint density at radius 1 is 0.769 bits per heavy atom. The molecule has 0 bridgehead atoms. The van der Waals surface area contributed by atoms with Crippen LogP contribution < -0.4 is 0 Å². The molecule has 2 N–H and O–H groups in total. The first-order chi connectivity index (χ1) is 5.66. The van der Waals surface area contributed by atoms with E-state index in [1.807, 2.05) is 0 Å². The van der Waals surface area contributed by atoms with Crippen LogP contribution in [-0.4, -0.2) is 10.4 Å². The molecule has 13 heavy (non-hydrogen) atoms. The zero-order valence-corrected chi connectivity index (χ0v) is 7.72. The Morgan fingerprint density at radius 3 is 0.769 bits per heavy atom. The van der Waals surface area contributed by atoms with Crippen LogP contribution in [-0.2, 0) is 21.1 Å². The Morgan fingerprint density at radius 2 is 0.769 bits per heavy atom. The smallest absolute Gasteiger partial charge is 0.444 e. The summed E-state index contributed by atoms with van der Waals surface area (Å²) in [6, 6.07) is 0. The molecule has 0 saturated carbocycles. The van der Waals surface area contributed by atoms with E-state index in [0.29, 0.717) is 0 Å². The minimum atomic E-state index is 0. The van der Waals surface area contributed by atoms with Gasteiger partial charge in [0.1, 0.15) is 0 Å². The Balaban J connectivity index is -0.0000000213. The molecule has 0 atom stereocenters. The molecule has 0 saturated heterocycles. The predicted molar refractivity (Wildman–Crippen MR) is 33.5 cm³/mol. The number of nitrogens with zero attached hydrogens (tertiary/aromatic N) is 4. The molecule has 0 aliphatic heterocycles. The van der Waals surface area contributed by atoms with Crippen LogP contribution in [0.4, 0.5) is 0 Å². The Hall–Kier alpha value is -1.71. The van der Waals surface area contributed by atoms with E-state index in [1.165, 1.54) is 10.7 Å². The Kier molecular flexibility index (Phi) is 394. The van der Waals surface area contributed by atoms with Crippen molar-refractivity contribution in [3.8, 4) is 0 Å². The zero-order chi connectivity index (χ0) is 10.8. The largest absolute Gasteiger partial charge is 2.00 e. The van der Waals surface area contributed by atoms with Gasteiger partial charge in [-0.05, 0) is 0 Å². The first kappa shape index (κ1) is 30.2. The first-order valence-corrected chi connectivity index (χ1v) is 1.50. The summed E-state index contributed by atoms with van der Waals surface area (Å²) in [6.45, 7) is 0. The van der Waals surface area contributed by atoms with Crippen molar-refractivity contribution in [2.45, 2.75) is 0 Å². The van der Waals surface area contributed by atoms with Crippen LogP contribution in [0.3, 0.4) is 0 Å². The van der Waals surface area contributed by atoms with Gasteiger partial charge in [-0.1, -0.05) is 0 Å². The summed E-state index contributed by atoms with van der Waals surface area (Å²) in [5.41, 5.74) is 0. The van der Waals surface area contributed by atoms with Crippen LogP contribution in [0.2, 0.25) is 0 Å². The monoisotopic (exact) mass is 381 g/mol. The molecule has 0 aliphatic carbocycles. The average molecular weight is 381 g/mol. The Bertz CT molecular complexity index is 70.1. The van der Waals surface area contributed by atoms with E-state index in [0.717, 1.165) is 10.7 Å². The summed E-state index contributed by atoms with van der Waals surface area (Å²) < 4.78 is 0. The maximum absolute atomic E-state index is 8.11. The van der Waals surface area contributed by atoms with Gasteiger partial charge in [0, 0.05) is 0 Å². The minimum Gasteiger partial charge on any atom is -0.444 e. The molecular formula is H2N4O8Pt. The standard InChI is InChI=1S/4HNO2.Pt/c4*2-1-3;/h4*(H,2,3);/q;;;;+2/p-2. The summed E-state index contributed by atoms with van der Waals surface area (Å²) in [6.07, 6.45) is 0. The van der Waals surface area contributed by atoms with E-state index in [2.05, 4.69) is 0 Å². The summed E-state index contributed by atoms with van der Waals surface area (Å²) in [5, 5.41) is 33.8. The van der Waals surface area contributed by atoms with Crippen LogP contribution in [0.25, 0.3) is 0 Å². The van der Waals surface area contributed by atoms with Gasteiger partial charge in [0.25, 0.3) is 0 Å². The van der Waals surface area contributed by atoms with Gasteiger partial charge < -0.3 is 30.6 Å². The van der Waals surface area contributed by atoms with Crippen LogP contribution >= 0.6 is 0 Å². The van der Waals surface area contributed by atoms with Gasteiger partial charge >= 0.3 is 21.1 Å². The normalized spacial score (nSPS) is 3.69. The third kappa shape index (κ3) is 241. The molecule has 0 fully saturated rings. The fourth-order valence-corrected chi connectivity index (χ4v) is 0. The second kappa shape index (κ2) is 170. The number of hydrogen-bond acceptors (Lipinski definition) is 10. The summed E-state index contributed by atoms with van der Waals surface area (Å²) >= 11 is 0. The van der Waals surface area contributed by atoms with Crippen molar-refractivity contribution in [1.82, 2.24) is 0 Å². The molecule has 0 aromatic rings. The van der Waals surface area contributed by atoms with E-state index in [4.69, 9.17) is 40.5 Å². The van der Waals surface area contributed by atoms with Gasteiger partial charge in [0.05, 0.1) is 0 Å². The topological polar surface area (TPSA) is 204 Å². The molecule has 13 heteroatoms. The van der Waals surface area contributed by atoms with Crippen LogP contribution in [0, 0.1) is 30.0 Å². The molecule has 80 valence electrons. The molecule has 0 aliphatic rings. The molecule has 0 rings (SSSR count). The van der Waals surface area contributed by atoms with Gasteiger partial charge in [0.15, 0.2) is 10.7 Å². The van der Waals surface area contributed by atoms with Crippen molar-refractivity contribution in [1.29, 1.82) is 0 Å². The average Bonchev–Trinajstić information content (AvgIpc) is 1.92. The van der Waals surface area contributed by atoms with Crippen molar-refractivity contribution in [3.05, 3.63) is 30.0 Å². The van der Waals surface area contributed by atoms with Crippen molar-refractivity contribution < 1.29 is 31.5 Å². The van der Waals surface area contributed by atoms with E-state index >= 15 is 0 Å². The van der Waals surface area contributed by atoms with E-state index in [1.54, 1.807) is 0 Å². The summed E-state index contributed by atoms with van der Waals surface area (Å²) in [4.78, 5) is 32.2. The fraction of sp³-hybridized carbons (Fsp3) is 0. The molecule has 0 amide bonds. The fourth-order valence-electron chi connectivity index (χ4n) is 0. The third-order valence-electron chi connectivity index (χ3n) is 0. The molecule has 0 aromatic heterocycles. The van der Waals surface area contributed by atoms with Crippen LogP contribution in [0.15, 0.2) is 21.4 Å². The van der Waals surface area contributed by atoms with Gasteiger partial charge in [-0.3, -0.25) is 0 Å². The Labute approximate surface area is 83.6 Å². The SMILES string of the molecule is O=NO.O=NO.O=N[O-].O=N[O-].[Pt+2]. The van der Waals surface area contributed by atoms with Gasteiger partial charge in [0.2, 0.25) is 0 Å². The number of hydrogen-bond donors (Lipinski definition) is 2. The van der Waals surface area contributed by atoms with E-state index < -0.39 is 0 Å². The molecular weight excluding hydrogens is 379 g/mol. The maximum Gasteiger partial charge on any atom is 2.00 e. The second-order valence-corrected chi connectivity index (χ2v) is 0.312. The van der Waals surface area contributed by atoms with Crippen LogP contribution in [0.1, 0.15) is 0 Å². The zero-order valence-electron chi connectivity index (χ0n) is 5.45. The molecule has 12 nitrogen and oxygen atoms in total. The second-order valence-electron chi connectivity index (χ2n) is 0.312. The quantitative estimate of drug-likeness (QED) is 0.452. The van der Waals surface area contributed by atoms with E-state index in [9.17, 15) is 0 Å². The van der Waals surface area contributed by atoms with Crippen molar-refractivity contribution in [3.63, 3.8) is 0 Å². The van der Waals surface area contributed by atoms with Crippen molar-refractivity contribution in [2.75, 3.05) is 0 Å².